The summed E-state index contributed by atoms with van der Waals surface area (Å²) < 4.78 is 0. The number of hydrogen-bond donors (Lipinski definition) is 0. The van der Waals surface area contributed by atoms with Crippen LogP contribution in [-0.4, -0.2) is 19.5 Å². The van der Waals surface area contributed by atoms with Gasteiger partial charge in [0.1, 0.15) is 15.5 Å². The Hall–Kier alpha value is 0.910. The highest BCUT2D eigenvalue weighted by molar-refractivity contribution is 9.42. The maximum Gasteiger partial charge on any atom is 0.138 e. The van der Waals surface area contributed by atoms with E-state index >= 15 is 0 Å². The molecule has 74 valence electrons. The van der Waals surface area contributed by atoms with Gasteiger partial charge in [-0.05, 0) is 12.8 Å². The Labute approximate surface area is 86.6 Å². The minimum absolute atomic E-state index is 0.659. The molecule has 0 aromatic heterocycles. The summed E-state index contributed by atoms with van der Waals surface area (Å²) in [7, 11) is 0. The molecule has 0 aliphatic heterocycles. The van der Waals surface area contributed by atoms with Gasteiger partial charge in [0.2, 0.25) is 0 Å². The van der Waals surface area contributed by atoms with Gasteiger partial charge in [-0.3, -0.25) is 0 Å². The standard InChI is InChI=1S/C10H23BrP/c1-4-5-6-7-8-9-10-12(2,3)11/h4-10H2,1-3H3/q+1. The van der Waals surface area contributed by atoms with E-state index in [9.17, 15) is 0 Å². The van der Waals surface area contributed by atoms with Crippen molar-refractivity contribution in [2.45, 2.75) is 45.4 Å². The van der Waals surface area contributed by atoms with E-state index in [0.29, 0.717) is 0 Å². The predicted molar refractivity (Wildman–Crippen MR) is 65.9 cm³/mol. The second kappa shape index (κ2) is 7.33. The van der Waals surface area contributed by atoms with Crippen LogP contribution in [0.4, 0.5) is 0 Å². The Balaban J connectivity index is 3.01. The molecule has 0 amide bonds. The molecule has 0 radical (unpaired) electrons. The lowest BCUT2D eigenvalue weighted by molar-refractivity contribution is 0.626. The van der Waals surface area contributed by atoms with Crippen LogP contribution in [0.15, 0.2) is 0 Å². The molecule has 0 aromatic rings. The van der Waals surface area contributed by atoms with E-state index in [0.717, 1.165) is 0 Å². The van der Waals surface area contributed by atoms with Crippen molar-refractivity contribution >= 4 is 21.5 Å². The lowest BCUT2D eigenvalue weighted by atomic mass is 10.1. The quantitative estimate of drug-likeness (QED) is 0.446. The zero-order chi connectivity index (χ0) is 9.45. The van der Waals surface area contributed by atoms with E-state index in [1.807, 2.05) is 0 Å². The van der Waals surface area contributed by atoms with Crippen molar-refractivity contribution in [3.05, 3.63) is 0 Å². The monoisotopic (exact) mass is 253 g/mol. The van der Waals surface area contributed by atoms with Gasteiger partial charge >= 0.3 is 0 Å². The third-order valence-corrected chi connectivity index (χ3v) is 4.49. The van der Waals surface area contributed by atoms with Gasteiger partial charge in [0, 0.05) is 0 Å². The molecule has 0 bridgehead atoms. The molecule has 0 atom stereocenters. The maximum absolute atomic E-state index is 3.77. The summed E-state index contributed by atoms with van der Waals surface area (Å²) in [6, 6.07) is 0. The first-order chi connectivity index (χ1) is 5.56. The third-order valence-electron chi connectivity index (χ3n) is 2.04. The van der Waals surface area contributed by atoms with Crippen molar-refractivity contribution in [3.8, 4) is 0 Å². The Bertz CT molecular complexity index is 96.5. The van der Waals surface area contributed by atoms with Crippen LogP contribution in [0.3, 0.4) is 0 Å². The zero-order valence-corrected chi connectivity index (χ0v) is 11.3. The third kappa shape index (κ3) is 10.9. The van der Waals surface area contributed by atoms with Gasteiger partial charge in [0.05, 0.1) is 25.5 Å². The van der Waals surface area contributed by atoms with Crippen LogP contribution in [0, 0.1) is 0 Å². The van der Waals surface area contributed by atoms with Gasteiger partial charge < -0.3 is 0 Å². The molecule has 0 unspecified atom stereocenters. The Morgan fingerprint density at radius 1 is 0.917 bits per heavy atom. The molecule has 0 N–H and O–H groups in total. The maximum atomic E-state index is 3.77. The van der Waals surface area contributed by atoms with Crippen LogP contribution < -0.4 is 0 Å². The highest BCUT2D eigenvalue weighted by atomic mass is 79.9. The molecular weight excluding hydrogens is 231 g/mol. The molecule has 2 heteroatoms. The highest BCUT2D eigenvalue weighted by Crippen LogP contribution is 2.59. The summed E-state index contributed by atoms with van der Waals surface area (Å²) in [5.74, 6) is -0.659. The van der Waals surface area contributed by atoms with E-state index in [1.54, 1.807) is 0 Å². The number of hydrogen-bond acceptors (Lipinski definition) is 0. The van der Waals surface area contributed by atoms with Crippen LogP contribution in [0.5, 0.6) is 0 Å². The van der Waals surface area contributed by atoms with E-state index < -0.39 is 5.96 Å². The van der Waals surface area contributed by atoms with Gasteiger partial charge in [0.15, 0.2) is 0 Å². The fourth-order valence-electron chi connectivity index (χ4n) is 1.27. The van der Waals surface area contributed by atoms with Crippen molar-refractivity contribution in [1.82, 2.24) is 0 Å². The fraction of sp³-hybridized carbons (Fsp3) is 1.00. The van der Waals surface area contributed by atoms with Crippen LogP contribution in [0.2, 0.25) is 0 Å². The van der Waals surface area contributed by atoms with Crippen molar-refractivity contribution < 1.29 is 0 Å². The van der Waals surface area contributed by atoms with Gasteiger partial charge in [-0.1, -0.05) is 32.6 Å². The minimum Gasteiger partial charge on any atom is -0.0654 e. The van der Waals surface area contributed by atoms with Crippen LogP contribution in [0.1, 0.15) is 45.4 Å². The predicted octanol–water partition coefficient (Wildman–Crippen LogP) is 4.93. The molecule has 0 rings (SSSR count). The molecule has 0 aliphatic rings. The first kappa shape index (κ1) is 12.9. The molecule has 0 spiro atoms. The van der Waals surface area contributed by atoms with Crippen LogP contribution in [-0.2, 0) is 0 Å². The molecule has 0 aromatic carbocycles. The highest BCUT2D eigenvalue weighted by Gasteiger charge is 2.19. The summed E-state index contributed by atoms with van der Waals surface area (Å²) in [5.41, 5.74) is 0. The Morgan fingerprint density at radius 2 is 1.42 bits per heavy atom. The number of halogens is 1. The van der Waals surface area contributed by atoms with Crippen LogP contribution >= 0.6 is 21.5 Å². The summed E-state index contributed by atoms with van der Waals surface area (Å²) in [4.78, 5) is 0. The summed E-state index contributed by atoms with van der Waals surface area (Å²) >= 11 is 3.77. The molecule has 0 nitrogen and oxygen atoms in total. The van der Waals surface area contributed by atoms with E-state index in [4.69, 9.17) is 0 Å². The van der Waals surface area contributed by atoms with Gasteiger partial charge in [-0.25, -0.2) is 0 Å². The van der Waals surface area contributed by atoms with E-state index in [-0.39, 0.29) is 0 Å². The zero-order valence-electron chi connectivity index (χ0n) is 8.77. The first-order valence-corrected chi connectivity index (χ1v) is 9.97. The topological polar surface area (TPSA) is 0 Å². The largest absolute Gasteiger partial charge is 0.138 e. The lowest BCUT2D eigenvalue weighted by Crippen LogP contribution is -1.88. The smallest absolute Gasteiger partial charge is 0.0654 e. The van der Waals surface area contributed by atoms with Crippen molar-refractivity contribution in [1.29, 1.82) is 0 Å². The summed E-state index contributed by atoms with van der Waals surface area (Å²) in [5, 5.41) is 0. The molecule has 0 saturated heterocycles. The van der Waals surface area contributed by atoms with Gasteiger partial charge in [-0.2, -0.15) is 0 Å². The molecule has 12 heavy (non-hydrogen) atoms. The van der Waals surface area contributed by atoms with Crippen molar-refractivity contribution in [2.75, 3.05) is 19.5 Å². The second-order valence-electron chi connectivity index (χ2n) is 4.03. The number of unbranched alkanes of at least 4 members (excludes halogenated alkanes) is 5. The lowest BCUT2D eigenvalue weighted by Gasteiger charge is -2.07. The van der Waals surface area contributed by atoms with Gasteiger partial charge in [-0.15, -0.1) is 0 Å². The normalized spacial score (nSPS) is 12.0. The minimum atomic E-state index is -0.659. The number of rotatable bonds is 7. The van der Waals surface area contributed by atoms with Gasteiger partial charge in [0.25, 0.3) is 0 Å². The molecule has 0 heterocycles. The molecular formula is C10H23BrP+. The summed E-state index contributed by atoms with van der Waals surface area (Å²) in [6.07, 6.45) is 9.95. The Morgan fingerprint density at radius 3 is 1.92 bits per heavy atom. The molecule has 0 saturated carbocycles. The van der Waals surface area contributed by atoms with E-state index in [2.05, 4.69) is 35.7 Å². The summed E-state index contributed by atoms with van der Waals surface area (Å²) in [6.45, 7) is 6.99. The van der Waals surface area contributed by atoms with Crippen molar-refractivity contribution in [2.24, 2.45) is 0 Å². The second-order valence-corrected chi connectivity index (χ2v) is 13.3. The fourth-order valence-corrected chi connectivity index (χ4v) is 3.00. The SMILES string of the molecule is CCCCCCCC[P+](C)(C)Br. The van der Waals surface area contributed by atoms with Crippen molar-refractivity contribution in [3.63, 3.8) is 0 Å². The first-order valence-electron chi connectivity index (χ1n) is 5.09. The molecule has 0 aliphatic carbocycles. The average Bonchev–Trinajstić information content (AvgIpc) is 1.94. The Kier molecular flexibility index (Phi) is 7.88. The average molecular weight is 254 g/mol. The van der Waals surface area contributed by atoms with Crippen LogP contribution in [0.25, 0.3) is 0 Å². The molecule has 0 fully saturated rings. The van der Waals surface area contributed by atoms with E-state index in [1.165, 1.54) is 44.7 Å².